The molecule has 0 aliphatic rings. The monoisotopic (exact) mass is 220 g/mol. The van der Waals surface area contributed by atoms with Crippen LogP contribution >= 0.6 is 11.8 Å². The average molecular weight is 220 g/mol. The average Bonchev–Trinajstić information content (AvgIpc) is 2.06. The molecule has 0 radical (unpaired) electrons. The highest BCUT2D eigenvalue weighted by Crippen LogP contribution is 2.05. The molecular formula is C8H12O3S2. The zero-order chi connectivity index (χ0) is 10.3. The van der Waals surface area contributed by atoms with Gasteiger partial charge in [0.2, 0.25) is 0 Å². The van der Waals surface area contributed by atoms with E-state index in [4.69, 9.17) is 4.55 Å². The van der Waals surface area contributed by atoms with E-state index in [0.717, 1.165) is 0 Å². The number of hydrogen-bond acceptors (Lipinski definition) is 3. The van der Waals surface area contributed by atoms with Gasteiger partial charge in [-0.05, 0) is 24.6 Å². The zero-order valence-corrected chi connectivity index (χ0v) is 9.10. The summed E-state index contributed by atoms with van der Waals surface area (Å²) < 4.78 is 29.2. The van der Waals surface area contributed by atoms with Crippen molar-refractivity contribution in [2.24, 2.45) is 0 Å². The van der Waals surface area contributed by atoms with Gasteiger partial charge in [-0.2, -0.15) is 20.2 Å². The fraction of sp³-hybridized carbons (Fsp3) is 0.250. The summed E-state index contributed by atoms with van der Waals surface area (Å²) >= 11 is 1.75. The maximum atomic E-state index is 10.4. The molecule has 1 aromatic carbocycles. The van der Waals surface area contributed by atoms with Crippen LogP contribution in [0.5, 0.6) is 0 Å². The highest BCUT2D eigenvalue weighted by Gasteiger charge is 2.05. The van der Waals surface area contributed by atoms with Gasteiger partial charge in [-0.15, -0.1) is 0 Å². The third-order valence-corrected chi connectivity index (χ3v) is 1.91. The first-order chi connectivity index (χ1) is 6.02. The lowest BCUT2D eigenvalue weighted by atomic mass is 10.4. The van der Waals surface area contributed by atoms with Crippen LogP contribution in [-0.2, 0) is 10.1 Å². The topological polar surface area (TPSA) is 54.4 Å². The van der Waals surface area contributed by atoms with Gasteiger partial charge in [-0.3, -0.25) is 4.55 Å². The lowest BCUT2D eigenvalue weighted by Crippen LogP contribution is -1.96. The molecule has 0 unspecified atom stereocenters. The van der Waals surface area contributed by atoms with Crippen LogP contribution in [0.15, 0.2) is 35.2 Å². The maximum absolute atomic E-state index is 10.4. The van der Waals surface area contributed by atoms with Crippen molar-refractivity contribution < 1.29 is 13.0 Å². The minimum atomic E-state index is -4.00. The predicted molar refractivity (Wildman–Crippen MR) is 55.7 cm³/mol. The maximum Gasteiger partial charge on any atom is 0.294 e. The zero-order valence-electron chi connectivity index (χ0n) is 7.47. The second-order valence-electron chi connectivity index (χ2n) is 2.20. The molecule has 1 N–H and O–H groups in total. The summed E-state index contributed by atoms with van der Waals surface area (Å²) in [6.07, 6.45) is 4.08. The summed E-state index contributed by atoms with van der Waals surface area (Å²) in [6, 6.07) is 7.42. The lowest BCUT2D eigenvalue weighted by Gasteiger charge is -1.92. The highest BCUT2D eigenvalue weighted by atomic mass is 32.2. The molecule has 3 nitrogen and oxygen atoms in total. The van der Waals surface area contributed by atoms with E-state index >= 15 is 0 Å². The van der Waals surface area contributed by atoms with E-state index in [2.05, 4.69) is 0 Å². The molecule has 0 saturated carbocycles. The minimum absolute atomic E-state index is 0.0741. The van der Waals surface area contributed by atoms with E-state index in [9.17, 15) is 8.42 Å². The van der Waals surface area contributed by atoms with Crippen molar-refractivity contribution in [3.8, 4) is 0 Å². The van der Waals surface area contributed by atoms with Crippen molar-refractivity contribution in [3.05, 3.63) is 30.3 Å². The van der Waals surface area contributed by atoms with Gasteiger partial charge in [-0.25, -0.2) is 0 Å². The molecule has 0 aliphatic carbocycles. The molecule has 0 heterocycles. The molecule has 0 aliphatic heterocycles. The van der Waals surface area contributed by atoms with Crippen molar-refractivity contribution in [2.75, 3.05) is 12.5 Å². The molecule has 0 spiro atoms. The fourth-order valence-electron chi connectivity index (χ4n) is 0.592. The van der Waals surface area contributed by atoms with Gasteiger partial charge < -0.3 is 0 Å². The molecule has 0 amide bonds. The third kappa shape index (κ3) is 5.68. The smallest absolute Gasteiger partial charge is 0.282 e. The van der Waals surface area contributed by atoms with Gasteiger partial charge in [0.05, 0.1) is 4.90 Å². The summed E-state index contributed by atoms with van der Waals surface area (Å²) in [5, 5.41) is 0. The van der Waals surface area contributed by atoms with E-state index in [1.807, 2.05) is 12.5 Å². The number of hydrogen-bond donors (Lipinski definition) is 1. The number of benzene rings is 1. The Balaban J connectivity index is 0.000000424. The molecule has 0 atom stereocenters. The SMILES string of the molecule is CSC.O=S(=O)(O)c1ccccc1. The fourth-order valence-corrected chi connectivity index (χ4v) is 1.09. The first kappa shape index (κ1) is 12.5. The van der Waals surface area contributed by atoms with Crippen molar-refractivity contribution in [1.29, 1.82) is 0 Å². The first-order valence-corrected chi connectivity index (χ1v) is 6.52. The quantitative estimate of drug-likeness (QED) is 0.735. The van der Waals surface area contributed by atoms with Crippen molar-refractivity contribution in [3.63, 3.8) is 0 Å². The molecule has 1 rings (SSSR count). The summed E-state index contributed by atoms with van der Waals surface area (Å²) in [5.41, 5.74) is 0. The molecule has 1 aromatic rings. The Labute approximate surface area is 82.9 Å². The second kappa shape index (κ2) is 6.01. The van der Waals surface area contributed by atoms with Crippen LogP contribution in [0, 0.1) is 0 Å². The Kier molecular flexibility index (Phi) is 5.77. The molecule has 0 bridgehead atoms. The Hall–Kier alpha value is -0.520. The molecule has 0 fully saturated rings. The third-order valence-electron chi connectivity index (χ3n) is 1.04. The van der Waals surface area contributed by atoms with Gasteiger partial charge in [0.25, 0.3) is 10.1 Å². The van der Waals surface area contributed by atoms with Crippen LogP contribution in [-0.4, -0.2) is 25.5 Å². The van der Waals surface area contributed by atoms with Crippen LogP contribution in [0.2, 0.25) is 0 Å². The molecular weight excluding hydrogens is 208 g/mol. The largest absolute Gasteiger partial charge is 0.294 e. The molecule has 74 valence electrons. The van der Waals surface area contributed by atoms with Gasteiger partial charge in [0.1, 0.15) is 0 Å². The Morgan fingerprint density at radius 1 is 1.15 bits per heavy atom. The Morgan fingerprint density at radius 2 is 1.54 bits per heavy atom. The van der Waals surface area contributed by atoms with Crippen molar-refractivity contribution >= 4 is 21.9 Å². The second-order valence-corrected chi connectivity index (χ2v) is 4.43. The number of thioether (sulfide) groups is 1. The van der Waals surface area contributed by atoms with Crippen LogP contribution < -0.4 is 0 Å². The Morgan fingerprint density at radius 3 is 1.77 bits per heavy atom. The van der Waals surface area contributed by atoms with Crippen LogP contribution in [0.1, 0.15) is 0 Å². The number of rotatable bonds is 1. The van der Waals surface area contributed by atoms with E-state index in [1.165, 1.54) is 12.1 Å². The van der Waals surface area contributed by atoms with Crippen molar-refractivity contribution in [1.82, 2.24) is 0 Å². The standard InChI is InChI=1S/C6H6O3S.C2H6S/c7-10(8,9)6-4-2-1-3-5-6;1-3-2/h1-5H,(H,7,8,9);1-2H3. The van der Waals surface area contributed by atoms with Crippen LogP contribution in [0.3, 0.4) is 0 Å². The van der Waals surface area contributed by atoms with E-state index < -0.39 is 10.1 Å². The van der Waals surface area contributed by atoms with Crippen LogP contribution in [0.25, 0.3) is 0 Å². The van der Waals surface area contributed by atoms with Gasteiger partial charge in [0, 0.05) is 0 Å². The van der Waals surface area contributed by atoms with Gasteiger partial charge in [0.15, 0.2) is 0 Å². The molecule has 5 heteroatoms. The normalized spacial score (nSPS) is 10.1. The first-order valence-electron chi connectivity index (χ1n) is 3.45. The summed E-state index contributed by atoms with van der Waals surface area (Å²) in [7, 11) is -4.00. The van der Waals surface area contributed by atoms with E-state index in [-0.39, 0.29) is 4.90 Å². The highest BCUT2D eigenvalue weighted by molar-refractivity contribution is 7.97. The van der Waals surface area contributed by atoms with Gasteiger partial charge >= 0.3 is 0 Å². The van der Waals surface area contributed by atoms with Crippen LogP contribution in [0.4, 0.5) is 0 Å². The summed E-state index contributed by atoms with van der Waals surface area (Å²) in [6.45, 7) is 0. The molecule has 0 aromatic heterocycles. The van der Waals surface area contributed by atoms with Gasteiger partial charge in [-0.1, -0.05) is 18.2 Å². The Bertz CT molecular complexity index is 319. The summed E-state index contributed by atoms with van der Waals surface area (Å²) in [5.74, 6) is 0. The summed E-state index contributed by atoms with van der Waals surface area (Å²) in [4.78, 5) is -0.0741. The van der Waals surface area contributed by atoms with E-state index in [0.29, 0.717) is 0 Å². The lowest BCUT2D eigenvalue weighted by molar-refractivity contribution is 0.483. The minimum Gasteiger partial charge on any atom is -0.282 e. The van der Waals surface area contributed by atoms with E-state index in [1.54, 1.807) is 30.0 Å². The molecule has 0 saturated heterocycles. The van der Waals surface area contributed by atoms with Crippen molar-refractivity contribution in [2.45, 2.75) is 4.90 Å². The molecule has 13 heavy (non-hydrogen) atoms. The predicted octanol–water partition coefficient (Wildman–Crippen LogP) is 1.91.